The molecule has 0 saturated carbocycles. The highest BCUT2D eigenvalue weighted by Gasteiger charge is 2.20. The lowest BCUT2D eigenvalue weighted by molar-refractivity contribution is 0.0738. The molecule has 28 heavy (non-hydrogen) atoms. The number of carbonyl (C=O) groups is 2. The lowest BCUT2D eigenvalue weighted by atomic mass is 10.1. The number of fused-ring (bicyclic) bond motifs is 1. The molecule has 1 heterocycles. The van der Waals surface area contributed by atoms with E-state index in [1.54, 1.807) is 36.5 Å². The molecule has 3 rings (SSSR count). The first-order valence-electron chi connectivity index (χ1n) is 9.22. The number of aryl methyl sites for hydroxylation is 1. The van der Waals surface area contributed by atoms with Gasteiger partial charge in [0.15, 0.2) is 0 Å². The van der Waals surface area contributed by atoms with Crippen molar-refractivity contribution in [2.75, 3.05) is 19.3 Å². The summed E-state index contributed by atoms with van der Waals surface area (Å²) in [4.78, 5) is 34.0. The molecule has 0 fully saturated rings. The predicted molar refractivity (Wildman–Crippen MR) is 110 cm³/mol. The van der Waals surface area contributed by atoms with Crippen LogP contribution in [0.5, 0.6) is 0 Å². The van der Waals surface area contributed by atoms with Gasteiger partial charge in [-0.05, 0) is 50.1 Å². The molecule has 0 radical (unpaired) electrons. The van der Waals surface area contributed by atoms with Crippen molar-refractivity contribution in [3.8, 4) is 0 Å². The van der Waals surface area contributed by atoms with Crippen LogP contribution in [0.4, 0.5) is 5.69 Å². The molecule has 4 N–H and O–H groups in total. The number of carbonyl (C=O) groups excluding carboxylic acids is 2. The molecule has 7 nitrogen and oxygen atoms in total. The molecule has 0 bridgehead atoms. The van der Waals surface area contributed by atoms with E-state index in [1.807, 2.05) is 32.0 Å². The number of nitrogens with one attached hydrogen (secondary N) is 2. The van der Waals surface area contributed by atoms with Gasteiger partial charge in [-0.15, -0.1) is 0 Å². The number of nitrogens with zero attached hydrogens (tertiary/aromatic N) is 2. The van der Waals surface area contributed by atoms with Gasteiger partial charge < -0.3 is 20.9 Å². The number of aromatic amines is 1. The maximum Gasteiger partial charge on any atom is 0.255 e. The van der Waals surface area contributed by atoms with Crippen molar-refractivity contribution in [2.24, 2.45) is 0 Å². The summed E-state index contributed by atoms with van der Waals surface area (Å²) in [6, 6.07) is 10.8. The summed E-state index contributed by atoms with van der Waals surface area (Å²) in [5.41, 5.74) is 9.97. The second-order valence-electron chi connectivity index (χ2n) is 7.00. The molecule has 0 saturated heterocycles. The van der Waals surface area contributed by atoms with E-state index in [1.165, 1.54) is 0 Å². The second-order valence-corrected chi connectivity index (χ2v) is 7.00. The Morgan fingerprint density at radius 3 is 2.79 bits per heavy atom. The van der Waals surface area contributed by atoms with Crippen LogP contribution in [-0.4, -0.2) is 46.3 Å². The van der Waals surface area contributed by atoms with Gasteiger partial charge in [-0.3, -0.25) is 9.59 Å². The van der Waals surface area contributed by atoms with E-state index in [2.05, 4.69) is 15.3 Å². The highest BCUT2D eigenvalue weighted by Crippen LogP contribution is 2.18. The van der Waals surface area contributed by atoms with Crippen LogP contribution in [-0.2, 0) is 0 Å². The average Bonchev–Trinajstić information content (AvgIpc) is 3.15. The topological polar surface area (TPSA) is 104 Å². The highest BCUT2D eigenvalue weighted by atomic mass is 16.2. The monoisotopic (exact) mass is 379 g/mol. The molecular formula is C21H25N5O2. The Morgan fingerprint density at radius 1 is 1.25 bits per heavy atom. The Balaban J connectivity index is 1.57. The first kappa shape index (κ1) is 19.4. The SMILES string of the molecule is Cc1ccc(C(=O)N(C)C(C)CCNC(=O)c2cccc3[nH]cnc23)c(N)c1. The van der Waals surface area contributed by atoms with E-state index in [-0.39, 0.29) is 17.9 Å². The van der Waals surface area contributed by atoms with Crippen LogP contribution in [0.3, 0.4) is 0 Å². The Kier molecular flexibility index (Phi) is 5.63. The number of nitrogen functional groups attached to an aromatic ring is 1. The fraction of sp³-hybridized carbons (Fsp3) is 0.286. The Labute approximate surface area is 163 Å². The lowest BCUT2D eigenvalue weighted by Crippen LogP contribution is -2.38. The molecule has 1 unspecified atom stereocenters. The van der Waals surface area contributed by atoms with Gasteiger partial charge in [0.1, 0.15) is 5.52 Å². The van der Waals surface area contributed by atoms with Gasteiger partial charge in [-0.2, -0.15) is 0 Å². The molecule has 0 aliphatic heterocycles. The van der Waals surface area contributed by atoms with E-state index in [4.69, 9.17) is 5.73 Å². The minimum absolute atomic E-state index is 0.0605. The number of rotatable bonds is 6. The molecule has 0 aliphatic rings. The summed E-state index contributed by atoms with van der Waals surface area (Å²) in [6.07, 6.45) is 2.19. The van der Waals surface area contributed by atoms with Gasteiger partial charge in [0, 0.05) is 25.3 Å². The predicted octanol–water partition coefficient (Wildman–Crippen LogP) is 2.73. The number of nitrogens with two attached hydrogens (primary N) is 1. The summed E-state index contributed by atoms with van der Waals surface area (Å²) in [5.74, 6) is -0.306. The van der Waals surface area contributed by atoms with E-state index in [0.29, 0.717) is 35.3 Å². The van der Waals surface area contributed by atoms with Crippen LogP contribution in [0.15, 0.2) is 42.7 Å². The maximum absolute atomic E-state index is 12.7. The molecule has 146 valence electrons. The van der Waals surface area contributed by atoms with Crippen molar-refractivity contribution in [1.29, 1.82) is 0 Å². The van der Waals surface area contributed by atoms with Crippen molar-refractivity contribution in [3.05, 3.63) is 59.4 Å². The third-order valence-corrected chi connectivity index (χ3v) is 4.96. The largest absolute Gasteiger partial charge is 0.398 e. The molecule has 7 heteroatoms. The summed E-state index contributed by atoms with van der Waals surface area (Å²) >= 11 is 0. The quantitative estimate of drug-likeness (QED) is 0.573. The van der Waals surface area contributed by atoms with Crippen molar-refractivity contribution >= 4 is 28.5 Å². The molecule has 2 amide bonds. The zero-order chi connectivity index (χ0) is 20.3. The van der Waals surface area contributed by atoms with Gasteiger partial charge in [0.25, 0.3) is 11.8 Å². The number of hydrogen-bond donors (Lipinski definition) is 3. The van der Waals surface area contributed by atoms with Gasteiger partial charge >= 0.3 is 0 Å². The van der Waals surface area contributed by atoms with Crippen LogP contribution in [0.25, 0.3) is 11.0 Å². The molecule has 0 spiro atoms. The van der Waals surface area contributed by atoms with Gasteiger partial charge in [-0.1, -0.05) is 12.1 Å². The molecule has 0 aliphatic carbocycles. The Hall–Kier alpha value is -3.35. The van der Waals surface area contributed by atoms with Crippen LogP contribution >= 0.6 is 0 Å². The number of benzene rings is 2. The standard InChI is InChI=1S/C21H25N5O2/c1-13-7-8-15(17(22)11-13)21(28)26(3)14(2)9-10-23-20(27)16-5-4-6-18-19(16)25-12-24-18/h4-8,11-12,14H,9-10,22H2,1-3H3,(H,23,27)(H,24,25). The maximum atomic E-state index is 12.7. The number of aromatic nitrogens is 2. The number of hydrogen-bond acceptors (Lipinski definition) is 4. The normalized spacial score (nSPS) is 12.0. The minimum Gasteiger partial charge on any atom is -0.398 e. The zero-order valence-electron chi connectivity index (χ0n) is 16.3. The smallest absolute Gasteiger partial charge is 0.255 e. The summed E-state index contributed by atoms with van der Waals surface area (Å²) in [7, 11) is 1.75. The van der Waals surface area contributed by atoms with Crippen molar-refractivity contribution < 1.29 is 9.59 Å². The third kappa shape index (κ3) is 3.98. The third-order valence-electron chi connectivity index (χ3n) is 4.96. The Morgan fingerprint density at radius 2 is 2.04 bits per heavy atom. The van der Waals surface area contributed by atoms with Crippen LogP contribution in [0.2, 0.25) is 0 Å². The minimum atomic E-state index is -0.179. The van der Waals surface area contributed by atoms with Gasteiger partial charge in [0.05, 0.1) is 23.0 Å². The van der Waals surface area contributed by atoms with Crippen molar-refractivity contribution in [3.63, 3.8) is 0 Å². The molecule has 1 atom stereocenters. The lowest BCUT2D eigenvalue weighted by Gasteiger charge is -2.25. The number of amides is 2. The number of imidazole rings is 1. The van der Waals surface area contributed by atoms with Crippen LogP contribution in [0.1, 0.15) is 39.6 Å². The molecule has 2 aromatic carbocycles. The fourth-order valence-corrected chi connectivity index (χ4v) is 3.10. The van der Waals surface area contributed by atoms with Crippen LogP contribution in [0, 0.1) is 6.92 Å². The number of para-hydroxylation sites is 1. The van der Waals surface area contributed by atoms with E-state index >= 15 is 0 Å². The molecular weight excluding hydrogens is 354 g/mol. The first-order chi connectivity index (χ1) is 13.4. The zero-order valence-corrected chi connectivity index (χ0v) is 16.3. The summed E-state index contributed by atoms with van der Waals surface area (Å²) in [6.45, 7) is 4.33. The van der Waals surface area contributed by atoms with Crippen LogP contribution < -0.4 is 11.1 Å². The van der Waals surface area contributed by atoms with E-state index < -0.39 is 0 Å². The second kappa shape index (κ2) is 8.12. The fourth-order valence-electron chi connectivity index (χ4n) is 3.10. The summed E-state index contributed by atoms with van der Waals surface area (Å²) in [5, 5.41) is 2.91. The number of anilines is 1. The van der Waals surface area contributed by atoms with Gasteiger partial charge in [-0.25, -0.2) is 4.98 Å². The average molecular weight is 379 g/mol. The Bertz CT molecular complexity index is 1010. The molecule has 1 aromatic heterocycles. The highest BCUT2D eigenvalue weighted by molar-refractivity contribution is 6.04. The first-order valence-corrected chi connectivity index (χ1v) is 9.22. The van der Waals surface area contributed by atoms with Gasteiger partial charge in [0.2, 0.25) is 0 Å². The summed E-state index contributed by atoms with van der Waals surface area (Å²) < 4.78 is 0. The van der Waals surface area contributed by atoms with Crippen molar-refractivity contribution in [2.45, 2.75) is 26.3 Å². The molecule has 3 aromatic rings. The van der Waals surface area contributed by atoms with Crippen molar-refractivity contribution in [1.82, 2.24) is 20.2 Å². The number of H-pyrrole nitrogens is 1. The van der Waals surface area contributed by atoms with E-state index in [0.717, 1.165) is 11.1 Å². The van der Waals surface area contributed by atoms with E-state index in [9.17, 15) is 9.59 Å².